The molecule has 0 bridgehead atoms. The molecular formula is C17H21N3O4. The Kier molecular flexibility index (Phi) is 4.28. The maximum atomic E-state index is 12.5. The first-order valence-corrected chi connectivity index (χ1v) is 7.97. The zero-order valence-corrected chi connectivity index (χ0v) is 13.8. The average molecular weight is 331 g/mol. The van der Waals surface area contributed by atoms with Gasteiger partial charge in [0, 0.05) is 20.1 Å². The van der Waals surface area contributed by atoms with E-state index < -0.39 is 11.6 Å². The summed E-state index contributed by atoms with van der Waals surface area (Å²) >= 11 is 0. The van der Waals surface area contributed by atoms with Crippen molar-refractivity contribution in [2.75, 3.05) is 26.8 Å². The van der Waals surface area contributed by atoms with Gasteiger partial charge in [-0.15, -0.1) is 0 Å². The molecular weight excluding hydrogens is 310 g/mol. The highest BCUT2D eigenvalue weighted by molar-refractivity contribution is 6.09. The quantitative estimate of drug-likeness (QED) is 0.832. The van der Waals surface area contributed by atoms with E-state index in [0.29, 0.717) is 13.0 Å². The zero-order chi connectivity index (χ0) is 17.3. The van der Waals surface area contributed by atoms with Gasteiger partial charge in [-0.05, 0) is 12.5 Å². The molecule has 4 amide bonds. The third kappa shape index (κ3) is 2.75. The highest BCUT2D eigenvalue weighted by Crippen LogP contribution is 2.27. The second-order valence-electron chi connectivity index (χ2n) is 6.30. The van der Waals surface area contributed by atoms with Crippen LogP contribution in [0.3, 0.4) is 0 Å². The van der Waals surface area contributed by atoms with E-state index in [-0.39, 0.29) is 31.0 Å². The maximum Gasteiger partial charge on any atom is 0.325 e. The lowest BCUT2D eigenvalue weighted by Gasteiger charge is -2.27. The van der Waals surface area contributed by atoms with Gasteiger partial charge in [0.25, 0.3) is 5.91 Å². The Morgan fingerprint density at radius 3 is 2.71 bits per heavy atom. The molecule has 2 atom stereocenters. The Bertz CT molecular complexity index is 655. The van der Waals surface area contributed by atoms with Gasteiger partial charge < -0.3 is 15.0 Å². The minimum atomic E-state index is -0.985. The summed E-state index contributed by atoms with van der Waals surface area (Å²) in [6.45, 7) is 2.24. The first-order valence-electron chi connectivity index (χ1n) is 7.97. The number of hydrogen-bond acceptors (Lipinski definition) is 4. The standard InChI is InChI=1S/C17H21N3O4/c1-12(13-6-4-3-5-7-13)19(2)14(21)10-20-15(22)17(18-16(20)23)8-9-24-11-17/h3-7,12H,8-11H2,1-2H3,(H,18,23)/t12-,17+/m1/s1. The highest BCUT2D eigenvalue weighted by atomic mass is 16.5. The fraction of sp³-hybridized carbons (Fsp3) is 0.471. The second kappa shape index (κ2) is 6.24. The van der Waals surface area contributed by atoms with E-state index in [2.05, 4.69) is 5.32 Å². The van der Waals surface area contributed by atoms with Gasteiger partial charge in [0.15, 0.2) is 0 Å². The van der Waals surface area contributed by atoms with Crippen LogP contribution >= 0.6 is 0 Å². The first kappa shape index (κ1) is 16.4. The van der Waals surface area contributed by atoms with Crippen molar-refractivity contribution in [3.63, 3.8) is 0 Å². The molecule has 128 valence electrons. The largest absolute Gasteiger partial charge is 0.378 e. The number of nitrogens with zero attached hydrogens (tertiary/aromatic N) is 2. The summed E-state index contributed by atoms with van der Waals surface area (Å²) in [5, 5.41) is 2.68. The molecule has 1 N–H and O–H groups in total. The minimum Gasteiger partial charge on any atom is -0.378 e. The summed E-state index contributed by atoms with van der Waals surface area (Å²) in [7, 11) is 1.67. The monoisotopic (exact) mass is 331 g/mol. The maximum absolute atomic E-state index is 12.5. The van der Waals surface area contributed by atoms with Gasteiger partial charge in [-0.3, -0.25) is 14.5 Å². The molecule has 2 aliphatic rings. The molecule has 0 saturated carbocycles. The fourth-order valence-electron chi connectivity index (χ4n) is 3.07. The second-order valence-corrected chi connectivity index (χ2v) is 6.30. The Morgan fingerprint density at radius 2 is 2.08 bits per heavy atom. The smallest absolute Gasteiger partial charge is 0.325 e. The van der Waals surface area contributed by atoms with Gasteiger partial charge in [0.1, 0.15) is 12.1 Å². The molecule has 2 saturated heterocycles. The van der Waals surface area contributed by atoms with E-state index in [9.17, 15) is 14.4 Å². The molecule has 0 aliphatic carbocycles. The van der Waals surface area contributed by atoms with Crippen LogP contribution in [-0.2, 0) is 14.3 Å². The summed E-state index contributed by atoms with van der Waals surface area (Å²) in [6, 6.07) is 8.92. The molecule has 1 spiro atoms. The van der Waals surface area contributed by atoms with Crippen molar-refractivity contribution in [3.8, 4) is 0 Å². The number of benzene rings is 1. The van der Waals surface area contributed by atoms with Crippen molar-refractivity contribution in [1.82, 2.24) is 15.1 Å². The van der Waals surface area contributed by atoms with Gasteiger partial charge in [-0.1, -0.05) is 30.3 Å². The first-order chi connectivity index (χ1) is 11.4. The predicted octanol–water partition coefficient (Wildman–Crippen LogP) is 0.917. The average Bonchev–Trinajstić information content (AvgIpc) is 3.15. The van der Waals surface area contributed by atoms with Crippen molar-refractivity contribution in [2.45, 2.75) is 24.9 Å². The van der Waals surface area contributed by atoms with Crippen LogP contribution in [0.1, 0.15) is 24.9 Å². The number of nitrogens with one attached hydrogen (secondary N) is 1. The molecule has 1 aromatic carbocycles. The van der Waals surface area contributed by atoms with Gasteiger partial charge in [0.2, 0.25) is 5.91 Å². The normalized spacial score (nSPS) is 24.3. The number of ether oxygens (including phenoxy) is 1. The van der Waals surface area contributed by atoms with Crippen LogP contribution in [-0.4, -0.2) is 60.0 Å². The summed E-state index contributed by atoms with van der Waals surface area (Å²) in [5.41, 5.74) is 0.00673. The summed E-state index contributed by atoms with van der Waals surface area (Å²) < 4.78 is 5.24. The van der Waals surface area contributed by atoms with Gasteiger partial charge in [0.05, 0.1) is 12.6 Å². The van der Waals surface area contributed by atoms with Crippen LogP contribution in [0.2, 0.25) is 0 Å². The lowest BCUT2D eigenvalue weighted by molar-refractivity contribution is -0.139. The number of likely N-dealkylation sites (N-methyl/N-ethyl adjacent to an activating group) is 1. The van der Waals surface area contributed by atoms with Crippen molar-refractivity contribution >= 4 is 17.8 Å². The van der Waals surface area contributed by atoms with Crippen molar-refractivity contribution in [3.05, 3.63) is 35.9 Å². The van der Waals surface area contributed by atoms with Crippen molar-refractivity contribution < 1.29 is 19.1 Å². The van der Waals surface area contributed by atoms with Gasteiger partial charge in [-0.25, -0.2) is 4.79 Å². The topological polar surface area (TPSA) is 79.0 Å². The third-order valence-corrected chi connectivity index (χ3v) is 4.82. The van der Waals surface area contributed by atoms with Crippen LogP contribution in [0.4, 0.5) is 4.79 Å². The van der Waals surface area contributed by atoms with Crippen LogP contribution < -0.4 is 5.32 Å². The number of rotatable bonds is 4. The molecule has 2 heterocycles. The van der Waals surface area contributed by atoms with Crippen LogP contribution in [0.15, 0.2) is 30.3 Å². The zero-order valence-electron chi connectivity index (χ0n) is 13.8. The minimum absolute atomic E-state index is 0.150. The van der Waals surface area contributed by atoms with E-state index in [0.717, 1.165) is 10.5 Å². The molecule has 0 radical (unpaired) electrons. The fourth-order valence-corrected chi connectivity index (χ4v) is 3.07. The van der Waals surface area contributed by atoms with Crippen LogP contribution in [0.5, 0.6) is 0 Å². The molecule has 24 heavy (non-hydrogen) atoms. The van der Waals surface area contributed by atoms with E-state index >= 15 is 0 Å². The van der Waals surface area contributed by atoms with E-state index in [4.69, 9.17) is 4.74 Å². The number of imide groups is 1. The Labute approximate surface area is 140 Å². The predicted molar refractivity (Wildman–Crippen MR) is 86.0 cm³/mol. The number of urea groups is 1. The summed E-state index contributed by atoms with van der Waals surface area (Å²) in [5.74, 6) is -0.662. The molecule has 2 aliphatic heterocycles. The Balaban J connectivity index is 1.68. The van der Waals surface area contributed by atoms with Crippen molar-refractivity contribution in [1.29, 1.82) is 0 Å². The number of carbonyl (C=O) groups is 3. The SMILES string of the molecule is C[C@H](c1ccccc1)N(C)C(=O)CN1C(=O)N[C@]2(CCOC2)C1=O. The molecule has 0 aromatic heterocycles. The molecule has 1 aromatic rings. The molecule has 2 fully saturated rings. The summed E-state index contributed by atoms with van der Waals surface area (Å²) in [4.78, 5) is 39.7. The number of hydrogen-bond donors (Lipinski definition) is 1. The molecule has 0 unspecified atom stereocenters. The van der Waals surface area contributed by atoms with E-state index in [1.807, 2.05) is 37.3 Å². The van der Waals surface area contributed by atoms with Gasteiger partial charge >= 0.3 is 6.03 Å². The molecule has 7 heteroatoms. The lowest BCUT2D eigenvalue weighted by atomic mass is 9.99. The van der Waals surface area contributed by atoms with Crippen LogP contribution in [0.25, 0.3) is 0 Å². The van der Waals surface area contributed by atoms with E-state index in [1.165, 1.54) is 0 Å². The van der Waals surface area contributed by atoms with Crippen LogP contribution in [0, 0.1) is 0 Å². The molecule has 7 nitrogen and oxygen atoms in total. The Hall–Kier alpha value is -2.41. The van der Waals surface area contributed by atoms with Gasteiger partial charge in [-0.2, -0.15) is 0 Å². The summed E-state index contributed by atoms with van der Waals surface area (Å²) in [6.07, 6.45) is 0.443. The number of amides is 4. The number of carbonyl (C=O) groups excluding carboxylic acids is 3. The lowest BCUT2D eigenvalue weighted by Crippen LogP contribution is -2.48. The van der Waals surface area contributed by atoms with Crippen molar-refractivity contribution in [2.24, 2.45) is 0 Å². The third-order valence-electron chi connectivity index (χ3n) is 4.82. The Morgan fingerprint density at radius 1 is 1.38 bits per heavy atom. The molecule has 3 rings (SSSR count). The highest BCUT2D eigenvalue weighted by Gasteiger charge is 2.53. The van der Waals surface area contributed by atoms with E-state index in [1.54, 1.807) is 11.9 Å².